The van der Waals surface area contributed by atoms with E-state index in [0.29, 0.717) is 32.0 Å². The fourth-order valence-corrected chi connectivity index (χ4v) is 4.14. The van der Waals surface area contributed by atoms with Crippen molar-refractivity contribution in [2.75, 3.05) is 19.6 Å². The van der Waals surface area contributed by atoms with Gasteiger partial charge in [-0.05, 0) is 51.6 Å². The molecule has 7 heteroatoms. The highest BCUT2D eigenvalue weighted by Gasteiger charge is 2.35. The van der Waals surface area contributed by atoms with Gasteiger partial charge in [-0.2, -0.15) is 5.10 Å². The number of aryl methyl sites for hydroxylation is 1. The number of nitrogens with two attached hydrogens (primary N) is 1. The molecular weight excluding hydrogens is 318 g/mol. The van der Waals surface area contributed by atoms with Crippen molar-refractivity contribution < 1.29 is 9.59 Å². The summed E-state index contributed by atoms with van der Waals surface area (Å²) in [5.74, 6) is -0.150. The molecule has 0 aliphatic carbocycles. The molecule has 0 saturated carbocycles. The number of amides is 2. The summed E-state index contributed by atoms with van der Waals surface area (Å²) in [4.78, 5) is 28.4. The maximum Gasteiger partial charge on any atom is 0.239 e. The van der Waals surface area contributed by atoms with E-state index in [4.69, 9.17) is 5.73 Å². The molecule has 0 unspecified atom stereocenters. The molecule has 2 amide bonds. The molecule has 7 nitrogen and oxygen atoms in total. The van der Waals surface area contributed by atoms with E-state index in [9.17, 15) is 9.59 Å². The van der Waals surface area contributed by atoms with Crippen LogP contribution in [0.3, 0.4) is 0 Å². The summed E-state index contributed by atoms with van der Waals surface area (Å²) in [6.45, 7) is 7.10. The topological polar surface area (TPSA) is 84.5 Å². The lowest BCUT2D eigenvalue weighted by Gasteiger charge is -2.36. The average molecular weight is 347 g/mol. The van der Waals surface area contributed by atoms with Crippen LogP contribution in [0.1, 0.15) is 38.2 Å². The number of rotatable bonds is 5. The van der Waals surface area contributed by atoms with E-state index in [2.05, 4.69) is 16.2 Å². The molecule has 0 radical (unpaired) electrons. The third-order valence-corrected chi connectivity index (χ3v) is 5.65. The Morgan fingerprint density at radius 1 is 1.28 bits per heavy atom. The molecule has 2 aliphatic rings. The monoisotopic (exact) mass is 347 g/mol. The van der Waals surface area contributed by atoms with Crippen LogP contribution >= 0.6 is 0 Å². The summed E-state index contributed by atoms with van der Waals surface area (Å²) in [7, 11) is 0. The van der Waals surface area contributed by atoms with E-state index in [1.54, 1.807) is 0 Å². The van der Waals surface area contributed by atoms with Crippen LogP contribution in [0.25, 0.3) is 0 Å². The first-order valence-corrected chi connectivity index (χ1v) is 9.28. The number of hydrogen-bond acceptors (Lipinski definition) is 4. The van der Waals surface area contributed by atoms with Crippen molar-refractivity contribution in [2.24, 2.45) is 11.7 Å². The summed E-state index contributed by atoms with van der Waals surface area (Å²) in [6.07, 6.45) is 7.51. The molecule has 3 heterocycles. The SMILES string of the molecule is Cc1cnn(C[C@@H]2CCCN2[C@@H](C)C(=O)N2CCC(C(N)=O)CC2)c1. The van der Waals surface area contributed by atoms with Crippen LogP contribution in [0.4, 0.5) is 0 Å². The average Bonchev–Trinajstić information content (AvgIpc) is 3.23. The molecule has 0 aromatic carbocycles. The minimum absolute atomic E-state index is 0.0815. The van der Waals surface area contributed by atoms with Crippen molar-refractivity contribution in [3.63, 3.8) is 0 Å². The number of likely N-dealkylation sites (tertiary alicyclic amines) is 2. The molecule has 2 atom stereocenters. The normalized spacial score (nSPS) is 23.8. The number of primary amides is 1. The molecule has 138 valence electrons. The molecule has 25 heavy (non-hydrogen) atoms. The Labute approximate surface area is 149 Å². The maximum absolute atomic E-state index is 12.9. The Morgan fingerprint density at radius 2 is 2.00 bits per heavy atom. The molecular formula is C18H29N5O2. The summed E-state index contributed by atoms with van der Waals surface area (Å²) in [6, 6.07) is 0.218. The van der Waals surface area contributed by atoms with Gasteiger partial charge in [0.1, 0.15) is 0 Å². The van der Waals surface area contributed by atoms with Gasteiger partial charge < -0.3 is 10.6 Å². The smallest absolute Gasteiger partial charge is 0.239 e. The van der Waals surface area contributed by atoms with Gasteiger partial charge in [0.15, 0.2) is 0 Å². The number of piperidine rings is 1. The molecule has 2 fully saturated rings. The van der Waals surface area contributed by atoms with Crippen LogP contribution in [0.5, 0.6) is 0 Å². The predicted octanol–water partition coefficient (Wildman–Crippen LogP) is 0.768. The molecule has 2 saturated heterocycles. The molecule has 3 rings (SSSR count). The van der Waals surface area contributed by atoms with Gasteiger partial charge in [-0.1, -0.05) is 0 Å². The van der Waals surface area contributed by atoms with Gasteiger partial charge in [-0.25, -0.2) is 0 Å². The van der Waals surface area contributed by atoms with Gasteiger partial charge in [0.05, 0.1) is 18.8 Å². The van der Waals surface area contributed by atoms with Gasteiger partial charge in [0.2, 0.25) is 11.8 Å². The molecule has 1 aromatic heterocycles. The van der Waals surface area contributed by atoms with Crippen molar-refractivity contribution in [1.82, 2.24) is 19.6 Å². The Kier molecular flexibility index (Phi) is 5.42. The largest absolute Gasteiger partial charge is 0.369 e. The first-order chi connectivity index (χ1) is 12.0. The van der Waals surface area contributed by atoms with Crippen LogP contribution < -0.4 is 5.73 Å². The Morgan fingerprint density at radius 3 is 2.60 bits per heavy atom. The molecule has 1 aromatic rings. The third kappa shape index (κ3) is 4.03. The summed E-state index contributed by atoms with van der Waals surface area (Å²) >= 11 is 0. The van der Waals surface area contributed by atoms with Crippen molar-refractivity contribution in [2.45, 2.75) is 58.2 Å². The van der Waals surface area contributed by atoms with Crippen LogP contribution in [-0.2, 0) is 16.1 Å². The minimum atomic E-state index is -0.241. The quantitative estimate of drug-likeness (QED) is 0.852. The van der Waals surface area contributed by atoms with E-state index in [-0.39, 0.29) is 23.8 Å². The predicted molar refractivity (Wildman–Crippen MR) is 94.7 cm³/mol. The van der Waals surface area contributed by atoms with Crippen LogP contribution in [-0.4, -0.2) is 63.1 Å². The highest BCUT2D eigenvalue weighted by atomic mass is 16.2. The van der Waals surface area contributed by atoms with Crippen molar-refractivity contribution in [3.05, 3.63) is 18.0 Å². The van der Waals surface area contributed by atoms with E-state index in [1.165, 1.54) is 0 Å². The third-order valence-electron chi connectivity index (χ3n) is 5.65. The van der Waals surface area contributed by atoms with Gasteiger partial charge in [-0.15, -0.1) is 0 Å². The van der Waals surface area contributed by atoms with E-state index >= 15 is 0 Å². The number of carbonyl (C=O) groups is 2. The summed E-state index contributed by atoms with van der Waals surface area (Å²) in [5.41, 5.74) is 6.54. The minimum Gasteiger partial charge on any atom is -0.369 e. The zero-order chi connectivity index (χ0) is 18.0. The van der Waals surface area contributed by atoms with Crippen LogP contribution in [0.2, 0.25) is 0 Å². The van der Waals surface area contributed by atoms with Crippen molar-refractivity contribution in [1.29, 1.82) is 0 Å². The van der Waals surface area contributed by atoms with Crippen LogP contribution in [0.15, 0.2) is 12.4 Å². The number of hydrogen-bond donors (Lipinski definition) is 1. The molecule has 0 bridgehead atoms. The van der Waals surface area contributed by atoms with Gasteiger partial charge in [-0.3, -0.25) is 19.2 Å². The second-order valence-electron chi connectivity index (χ2n) is 7.45. The Hall–Kier alpha value is -1.89. The standard InChI is InChI=1S/C18H29N5O2/c1-13-10-20-22(11-13)12-16-4-3-7-23(16)14(2)18(25)21-8-5-15(6-9-21)17(19)24/h10-11,14-16H,3-9,12H2,1-2H3,(H2,19,24)/t14-,16-/m0/s1. The van der Waals surface area contributed by atoms with Crippen molar-refractivity contribution >= 4 is 11.8 Å². The first kappa shape index (κ1) is 17.9. The van der Waals surface area contributed by atoms with Gasteiger partial charge in [0, 0.05) is 31.2 Å². The van der Waals surface area contributed by atoms with Gasteiger partial charge >= 0.3 is 0 Å². The van der Waals surface area contributed by atoms with Crippen molar-refractivity contribution in [3.8, 4) is 0 Å². The maximum atomic E-state index is 12.9. The first-order valence-electron chi connectivity index (χ1n) is 9.28. The van der Waals surface area contributed by atoms with E-state index in [0.717, 1.165) is 31.5 Å². The molecule has 2 aliphatic heterocycles. The lowest BCUT2D eigenvalue weighted by molar-refractivity contribution is -0.139. The summed E-state index contributed by atoms with van der Waals surface area (Å²) < 4.78 is 1.98. The van der Waals surface area contributed by atoms with Crippen LogP contribution in [0, 0.1) is 12.8 Å². The lowest BCUT2D eigenvalue weighted by atomic mass is 9.96. The summed E-state index contributed by atoms with van der Waals surface area (Å²) in [5, 5.41) is 4.38. The fraction of sp³-hybridized carbons (Fsp3) is 0.722. The molecule has 0 spiro atoms. The number of nitrogens with zero attached hydrogens (tertiary/aromatic N) is 4. The number of carbonyl (C=O) groups excluding carboxylic acids is 2. The Bertz CT molecular complexity index is 621. The van der Waals surface area contributed by atoms with E-state index < -0.39 is 0 Å². The zero-order valence-electron chi connectivity index (χ0n) is 15.2. The second-order valence-corrected chi connectivity index (χ2v) is 7.45. The fourth-order valence-electron chi connectivity index (χ4n) is 4.14. The lowest BCUT2D eigenvalue weighted by Crippen LogP contribution is -2.52. The number of aromatic nitrogens is 2. The zero-order valence-corrected chi connectivity index (χ0v) is 15.2. The second kappa shape index (κ2) is 7.56. The van der Waals surface area contributed by atoms with Gasteiger partial charge in [0.25, 0.3) is 0 Å². The molecule has 2 N–H and O–H groups in total. The highest BCUT2D eigenvalue weighted by Crippen LogP contribution is 2.24. The Balaban J connectivity index is 1.58. The highest BCUT2D eigenvalue weighted by molar-refractivity contribution is 5.82. The van der Waals surface area contributed by atoms with E-state index in [1.807, 2.05) is 29.6 Å².